The van der Waals surface area contributed by atoms with E-state index in [2.05, 4.69) is 26.2 Å². The van der Waals surface area contributed by atoms with Crippen molar-refractivity contribution in [2.45, 2.75) is 64.0 Å². The maximum absolute atomic E-state index is 13.4. The number of carbonyl (C=O) groups is 3. The molecule has 2 N–H and O–H groups in total. The van der Waals surface area contributed by atoms with Gasteiger partial charge in [-0.15, -0.1) is 5.10 Å². The molecule has 6 rings (SSSR count). The maximum Gasteiger partial charge on any atom is 0.387 e. The molecule has 3 aliphatic rings. The first kappa shape index (κ1) is 30.0. The Hall–Kier alpha value is -4.01. The predicted molar refractivity (Wildman–Crippen MR) is 151 cm³/mol. The van der Waals surface area contributed by atoms with Crippen molar-refractivity contribution in [1.29, 1.82) is 0 Å². The third kappa shape index (κ3) is 6.42. The van der Waals surface area contributed by atoms with E-state index < -0.39 is 24.6 Å². The average Bonchev–Trinajstić information content (AvgIpc) is 3.58. The first-order chi connectivity index (χ1) is 21.3. The summed E-state index contributed by atoms with van der Waals surface area (Å²) in [5.74, 6) is -0.482. The predicted octanol–water partition coefficient (Wildman–Crippen LogP) is 2.99. The van der Waals surface area contributed by atoms with E-state index in [-0.39, 0.29) is 49.4 Å². The zero-order valence-electron chi connectivity index (χ0n) is 23.5. The number of tetrazole rings is 1. The molecule has 1 aromatic heterocycles. The lowest BCUT2D eigenvalue weighted by atomic mass is 9.99. The molecule has 2 atom stereocenters. The fourth-order valence-corrected chi connectivity index (χ4v) is 6.15. The number of amides is 3. The zero-order chi connectivity index (χ0) is 30.8. The van der Waals surface area contributed by atoms with Gasteiger partial charge in [-0.3, -0.25) is 25.0 Å². The highest BCUT2D eigenvalue weighted by molar-refractivity contribution is 6.30. The summed E-state index contributed by atoms with van der Waals surface area (Å²) in [5.41, 5.74) is 2.36. The Balaban J connectivity index is 1.26. The maximum atomic E-state index is 13.4. The molecule has 2 fully saturated rings. The van der Waals surface area contributed by atoms with Crippen molar-refractivity contribution in [1.82, 2.24) is 35.7 Å². The van der Waals surface area contributed by atoms with Gasteiger partial charge in [0, 0.05) is 55.4 Å². The minimum atomic E-state index is -3.06. The molecule has 4 heterocycles. The highest BCUT2D eigenvalue weighted by atomic mass is 35.5. The van der Waals surface area contributed by atoms with Crippen LogP contribution in [0.2, 0.25) is 5.02 Å². The average molecular weight is 630 g/mol. The molecular formula is C29H30ClF2N7O5. The third-order valence-corrected chi connectivity index (χ3v) is 8.42. The Morgan fingerprint density at radius 1 is 1.11 bits per heavy atom. The molecule has 2 saturated heterocycles. The molecule has 2 unspecified atom stereocenters. The summed E-state index contributed by atoms with van der Waals surface area (Å²) in [6.07, 6.45) is 2.13. The number of imide groups is 1. The summed E-state index contributed by atoms with van der Waals surface area (Å²) in [6, 6.07) is 8.25. The minimum Gasteiger partial charge on any atom is -0.434 e. The first-order valence-corrected chi connectivity index (χ1v) is 14.7. The monoisotopic (exact) mass is 629 g/mol. The molecular weight excluding hydrogens is 600 g/mol. The van der Waals surface area contributed by atoms with Crippen LogP contribution in [0.5, 0.6) is 5.75 Å². The summed E-state index contributed by atoms with van der Waals surface area (Å²) in [7, 11) is 0. The van der Waals surface area contributed by atoms with Gasteiger partial charge in [0.15, 0.2) is 5.82 Å². The quantitative estimate of drug-likeness (QED) is 0.324. The van der Waals surface area contributed by atoms with Gasteiger partial charge < -0.3 is 14.4 Å². The van der Waals surface area contributed by atoms with E-state index in [4.69, 9.17) is 21.1 Å². The van der Waals surface area contributed by atoms with Crippen LogP contribution in [-0.2, 0) is 34.0 Å². The third-order valence-electron chi connectivity index (χ3n) is 8.19. The molecule has 0 radical (unpaired) electrons. The van der Waals surface area contributed by atoms with E-state index in [9.17, 15) is 23.2 Å². The van der Waals surface area contributed by atoms with Crippen LogP contribution in [0.4, 0.5) is 8.78 Å². The Labute approximate surface area is 256 Å². The summed E-state index contributed by atoms with van der Waals surface area (Å²) in [6.45, 7) is -0.780. The number of carbonyl (C=O) groups excluding carboxylic acids is 3. The largest absolute Gasteiger partial charge is 0.434 e. The van der Waals surface area contributed by atoms with Crippen molar-refractivity contribution in [3.05, 3.63) is 69.5 Å². The van der Waals surface area contributed by atoms with Crippen molar-refractivity contribution in [2.24, 2.45) is 5.92 Å². The highest BCUT2D eigenvalue weighted by Crippen LogP contribution is 2.34. The van der Waals surface area contributed by atoms with E-state index >= 15 is 0 Å². The number of ether oxygens (including phenoxy) is 2. The minimum absolute atomic E-state index is 0.0676. The molecule has 12 nitrogen and oxygen atoms in total. The fraction of sp³-hybridized carbons (Fsp3) is 0.448. The number of aromatic nitrogens is 4. The summed E-state index contributed by atoms with van der Waals surface area (Å²) < 4.78 is 38.8. The van der Waals surface area contributed by atoms with Gasteiger partial charge in [0.2, 0.25) is 11.8 Å². The lowest BCUT2D eigenvalue weighted by molar-refractivity contribution is -0.136. The lowest BCUT2D eigenvalue weighted by Crippen LogP contribution is -2.52. The van der Waals surface area contributed by atoms with Crippen LogP contribution in [0.1, 0.15) is 64.6 Å². The molecule has 2 aromatic carbocycles. The summed E-state index contributed by atoms with van der Waals surface area (Å²) in [4.78, 5) is 38.6. The van der Waals surface area contributed by atoms with E-state index in [1.165, 1.54) is 17.0 Å². The van der Waals surface area contributed by atoms with Crippen molar-refractivity contribution >= 4 is 29.3 Å². The number of halogens is 3. The Kier molecular flexibility index (Phi) is 8.82. The van der Waals surface area contributed by atoms with Gasteiger partial charge in [-0.05, 0) is 71.0 Å². The van der Waals surface area contributed by atoms with Crippen molar-refractivity contribution in [3.63, 3.8) is 0 Å². The second-order valence-electron chi connectivity index (χ2n) is 11.0. The Morgan fingerprint density at radius 3 is 2.70 bits per heavy atom. The molecule has 3 aromatic rings. The fourth-order valence-electron chi connectivity index (χ4n) is 5.97. The molecule has 15 heteroatoms. The molecule has 0 spiro atoms. The summed E-state index contributed by atoms with van der Waals surface area (Å²) >= 11 is 6.32. The summed E-state index contributed by atoms with van der Waals surface area (Å²) in [5, 5.41) is 18.4. The first-order valence-electron chi connectivity index (χ1n) is 14.3. The molecule has 3 aliphatic heterocycles. The number of hydrogen-bond acceptors (Lipinski definition) is 9. The van der Waals surface area contributed by atoms with Crippen LogP contribution in [0.15, 0.2) is 36.4 Å². The molecule has 44 heavy (non-hydrogen) atoms. The number of alkyl halides is 2. The van der Waals surface area contributed by atoms with Gasteiger partial charge in [-0.25, -0.2) is 4.68 Å². The normalized spacial score (nSPS) is 19.8. The van der Waals surface area contributed by atoms with Gasteiger partial charge in [0.05, 0.1) is 6.04 Å². The van der Waals surface area contributed by atoms with Crippen LogP contribution in [0, 0.1) is 5.92 Å². The van der Waals surface area contributed by atoms with Crippen LogP contribution < -0.4 is 15.4 Å². The smallest absolute Gasteiger partial charge is 0.387 e. The number of hydrogen-bond donors (Lipinski definition) is 2. The SMILES string of the molecule is O=C1CCC(N2Cc3cc(CNC(c4cc(Cl)ccc4OC(F)F)c4nnnn4CC4CCOCC4)ccc3C2=O)C(=O)N1. The lowest BCUT2D eigenvalue weighted by Gasteiger charge is -2.29. The molecule has 0 bridgehead atoms. The van der Waals surface area contributed by atoms with Crippen LogP contribution >= 0.6 is 11.6 Å². The number of nitrogens with one attached hydrogen (secondary N) is 2. The van der Waals surface area contributed by atoms with Crippen molar-refractivity contribution < 1.29 is 32.6 Å². The standard InChI is InChI=1S/C29H30ClF2N7O5/c30-19-2-5-23(44-29(31)32)21(12-19)25(26-35-36-37-39(26)14-16-7-9-43-10-8-16)33-13-17-1-3-20-18(11-17)15-38(28(20)42)22-4-6-24(40)34-27(22)41/h1-3,5,11-12,16,22,25,29,33H,4,6-10,13-15H2,(H,34,40,41). The highest BCUT2D eigenvalue weighted by Gasteiger charge is 2.39. The number of rotatable bonds is 10. The van der Waals surface area contributed by atoms with E-state index in [0.717, 1.165) is 24.0 Å². The number of fused-ring (bicyclic) bond motifs is 1. The molecule has 0 saturated carbocycles. The van der Waals surface area contributed by atoms with Gasteiger partial charge in [-0.1, -0.05) is 23.7 Å². The number of piperidine rings is 1. The van der Waals surface area contributed by atoms with Crippen molar-refractivity contribution in [3.8, 4) is 5.75 Å². The number of benzene rings is 2. The van der Waals surface area contributed by atoms with E-state index in [0.29, 0.717) is 41.7 Å². The second kappa shape index (κ2) is 12.9. The number of nitrogens with zero attached hydrogens (tertiary/aromatic N) is 5. The molecule has 232 valence electrons. The van der Waals surface area contributed by atoms with Gasteiger partial charge >= 0.3 is 6.61 Å². The van der Waals surface area contributed by atoms with Crippen LogP contribution in [0.3, 0.4) is 0 Å². The van der Waals surface area contributed by atoms with Gasteiger partial charge in [-0.2, -0.15) is 8.78 Å². The van der Waals surface area contributed by atoms with Gasteiger partial charge in [0.25, 0.3) is 5.91 Å². The Morgan fingerprint density at radius 2 is 1.93 bits per heavy atom. The second-order valence-corrected chi connectivity index (χ2v) is 11.5. The van der Waals surface area contributed by atoms with E-state index in [1.54, 1.807) is 22.9 Å². The molecule has 0 aliphatic carbocycles. The van der Waals surface area contributed by atoms with Crippen molar-refractivity contribution in [2.75, 3.05) is 13.2 Å². The van der Waals surface area contributed by atoms with E-state index in [1.807, 2.05) is 6.07 Å². The Bertz CT molecular complexity index is 1560. The zero-order valence-corrected chi connectivity index (χ0v) is 24.3. The topological polar surface area (TPSA) is 141 Å². The molecule has 3 amide bonds. The van der Waals surface area contributed by atoms with Crippen LogP contribution in [0.25, 0.3) is 0 Å². The van der Waals surface area contributed by atoms with Gasteiger partial charge in [0.1, 0.15) is 11.8 Å². The van der Waals surface area contributed by atoms with Crippen LogP contribution in [-0.4, -0.2) is 68.7 Å².